The van der Waals surface area contributed by atoms with E-state index in [1.54, 1.807) is 12.1 Å². The Labute approximate surface area is 146 Å². The molecule has 1 aromatic heterocycles. The molecule has 0 atom stereocenters. The molecule has 0 unspecified atom stereocenters. The Morgan fingerprint density at radius 1 is 1.32 bits per heavy atom. The highest BCUT2D eigenvalue weighted by Gasteiger charge is 2.21. The van der Waals surface area contributed by atoms with Gasteiger partial charge in [0.1, 0.15) is 5.82 Å². The van der Waals surface area contributed by atoms with Gasteiger partial charge in [-0.15, -0.1) is 0 Å². The summed E-state index contributed by atoms with van der Waals surface area (Å²) in [6.45, 7) is 1.64. The molecule has 0 radical (unpaired) electrons. The molecule has 1 aromatic carbocycles. The lowest BCUT2D eigenvalue weighted by molar-refractivity contribution is -0.132. The van der Waals surface area contributed by atoms with Crippen molar-refractivity contribution in [2.24, 2.45) is 0 Å². The number of hydrogen-bond acceptors (Lipinski definition) is 5. The van der Waals surface area contributed by atoms with Crippen LogP contribution < -0.4 is 5.32 Å². The van der Waals surface area contributed by atoms with E-state index < -0.39 is 0 Å². The zero-order valence-corrected chi connectivity index (χ0v) is 14.4. The van der Waals surface area contributed by atoms with Gasteiger partial charge in [-0.25, -0.2) is 4.39 Å². The Morgan fingerprint density at radius 2 is 2.04 bits per heavy atom. The number of carbonyl (C=O) groups excluding carboxylic acids is 1. The van der Waals surface area contributed by atoms with Gasteiger partial charge in [0.15, 0.2) is 0 Å². The van der Waals surface area contributed by atoms with Crippen molar-refractivity contribution in [3.63, 3.8) is 0 Å². The first-order chi connectivity index (χ1) is 12.2. The standard InChI is InChI=1S/C18H23FN4O2/c1-20-15-9-11-23(12-10-15)17(24)4-2-3-16-21-18(22-25-16)13-5-7-14(19)8-6-13/h5-8,15,20H,2-4,9-12H2,1H3. The van der Waals surface area contributed by atoms with Gasteiger partial charge in [0.25, 0.3) is 0 Å². The highest BCUT2D eigenvalue weighted by molar-refractivity contribution is 5.76. The number of halogens is 1. The molecular formula is C18H23FN4O2. The molecular weight excluding hydrogens is 323 g/mol. The van der Waals surface area contributed by atoms with Crippen molar-refractivity contribution in [2.45, 2.75) is 38.1 Å². The van der Waals surface area contributed by atoms with E-state index in [0.29, 0.717) is 42.6 Å². The number of aryl methyl sites for hydroxylation is 1. The quantitative estimate of drug-likeness (QED) is 0.870. The third-order valence-corrected chi connectivity index (χ3v) is 4.61. The van der Waals surface area contributed by atoms with Gasteiger partial charge in [0, 0.05) is 37.5 Å². The first kappa shape index (κ1) is 17.5. The number of likely N-dealkylation sites (tertiary alicyclic amines) is 1. The van der Waals surface area contributed by atoms with Crippen LogP contribution in [-0.2, 0) is 11.2 Å². The monoisotopic (exact) mass is 346 g/mol. The topological polar surface area (TPSA) is 71.3 Å². The number of nitrogens with zero attached hydrogens (tertiary/aromatic N) is 3. The highest BCUT2D eigenvalue weighted by atomic mass is 19.1. The Balaban J connectivity index is 1.45. The average Bonchev–Trinajstić information content (AvgIpc) is 3.11. The minimum absolute atomic E-state index is 0.188. The number of piperidine rings is 1. The first-order valence-electron chi connectivity index (χ1n) is 8.69. The largest absolute Gasteiger partial charge is 0.343 e. The van der Waals surface area contributed by atoms with Gasteiger partial charge in [0.05, 0.1) is 0 Å². The third-order valence-electron chi connectivity index (χ3n) is 4.61. The minimum atomic E-state index is -0.301. The molecule has 2 aromatic rings. The van der Waals surface area contributed by atoms with Crippen molar-refractivity contribution < 1.29 is 13.7 Å². The Hall–Kier alpha value is -2.28. The SMILES string of the molecule is CNC1CCN(C(=O)CCCc2nc(-c3ccc(F)cc3)no2)CC1. The predicted molar refractivity (Wildman–Crippen MR) is 91.3 cm³/mol. The van der Waals surface area contributed by atoms with E-state index in [-0.39, 0.29) is 11.7 Å². The van der Waals surface area contributed by atoms with Gasteiger partial charge in [-0.1, -0.05) is 5.16 Å². The lowest BCUT2D eigenvalue weighted by Crippen LogP contribution is -2.43. The van der Waals surface area contributed by atoms with Crippen molar-refractivity contribution in [2.75, 3.05) is 20.1 Å². The van der Waals surface area contributed by atoms with E-state index in [1.165, 1.54) is 12.1 Å². The maximum absolute atomic E-state index is 12.9. The van der Waals surface area contributed by atoms with Crippen LogP contribution in [0.5, 0.6) is 0 Å². The molecule has 0 spiro atoms. The van der Waals surface area contributed by atoms with Crippen LogP contribution >= 0.6 is 0 Å². The molecule has 1 fully saturated rings. The van der Waals surface area contributed by atoms with Crippen LogP contribution in [0.4, 0.5) is 4.39 Å². The lowest BCUT2D eigenvalue weighted by atomic mass is 10.0. The van der Waals surface area contributed by atoms with Crippen molar-refractivity contribution in [3.05, 3.63) is 36.0 Å². The van der Waals surface area contributed by atoms with Gasteiger partial charge in [-0.3, -0.25) is 4.79 Å². The normalized spacial score (nSPS) is 15.5. The van der Waals surface area contributed by atoms with Crippen molar-refractivity contribution in [3.8, 4) is 11.4 Å². The van der Waals surface area contributed by atoms with Gasteiger partial charge in [-0.2, -0.15) is 4.98 Å². The van der Waals surface area contributed by atoms with Crippen LogP contribution in [0.15, 0.2) is 28.8 Å². The van der Waals surface area contributed by atoms with E-state index in [9.17, 15) is 9.18 Å². The molecule has 1 aliphatic heterocycles. The van der Waals surface area contributed by atoms with Crippen molar-refractivity contribution >= 4 is 5.91 Å². The number of carbonyl (C=O) groups is 1. The Morgan fingerprint density at radius 3 is 2.72 bits per heavy atom. The second kappa shape index (κ2) is 8.20. The second-order valence-electron chi connectivity index (χ2n) is 6.32. The first-order valence-corrected chi connectivity index (χ1v) is 8.69. The van der Waals surface area contributed by atoms with Gasteiger partial charge < -0.3 is 14.7 Å². The molecule has 0 saturated carbocycles. The Bertz CT molecular complexity index is 693. The molecule has 6 nitrogen and oxygen atoms in total. The summed E-state index contributed by atoms with van der Waals surface area (Å²) in [4.78, 5) is 18.5. The summed E-state index contributed by atoms with van der Waals surface area (Å²) in [5.74, 6) is 0.828. The molecule has 0 aliphatic carbocycles. The predicted octanol–water partition coefficient (Wildman–Crippen LogP) is 2.41. The number of rotatable bonds is 6. The Kier molecular flexibility index (Phi) is 5.75. The molecule has 7 heteroatoms. The van der Waals surface area contributed by atoms with Gasteiger partial charge in [0.2, 0.25) is 17.6 Å². The molecule has 0 bridgehead atoms. The van der Waals surface area contributed by atoms with Crippen molar-refractivity contribution in [1.82, 2.24) is 20.4 Å². The van der Waals surface area contributed by atoms with Gasteiger partial charge in [-0.05, 0) is 50.6 Å². The fraction of sp³-hybridized carbons (Fsp3) is 0.500. The highest BCUT2D eigenvalue weighted by Crippen LogP contribution is 2.17. The summed E-state index contributed by atoms with van der Waals surface area (Å²) >= 11 is 0. The van der Waals surface area contributed by atoms with E-state index >= 15 is 0 Å². The van der Waals surface area contributed by atoms with Crippen LogP contribution in [0.25, 0.3) is 11.4 Å². The summed E-state index contributed by atoms with van der Waals surface area (Å²) in [5.41, 5.74) is 0.708. The van der Waals surface area contributed by atoms with E-state index in [1.807, 2.05) is 11.9 Å². The number of amides is 1. The third kappa shape index (κ3) is 4.63. The average molecular weight is 346 g/mol. The van der Waals surface area contributed by atoms with E-state index in [4.69, 9.17) is 4.52 Å². The number of nitrogens with one attached hydrogen (secondary N) is 1. The number of benzene rings is 1. The minimum Gasteiger partial charge on any atom is -0.343 e. The molecule has 134 valence electrons. The molecule has 1 aliphatic rings. The molecule has 1 amide bonds. The molecule has 1 saturated heterocycles. The zero-order chi connectivity index (χ0) is 17.6. The molecule has 3 rings (SSSR count). The summed E-state index contributed by atoms with van der Waals surface area (Å²) in [6.07, 6.45) is 3.74. The lowest BCUT2D eigenvalue weighted by Gasteiger charge is -2.31. The summed E-state index contributed by atoms with van der Waals surface area (Å²) < 4.78 is 18.2. The zero-order valence-electron chi connectivity index (χ0n) is 14.4. The second-order valence-corrected chi connectivity index (χ2v) is 6.32. The van der Waals surface area contributed by atoms with Gasteiger partial charge >= 0.3 is 0 Å². The number of aromatic nitrogens is 2. The smallest absolute Gasteiger partial charge is 0.226 e. The van der Waals surface area contributed by atoms with Crippen molar-refractivity contribution in [1.29, 1.82) is 0 Å². The maximum Gasteiger partial charge on any atom is 0.226 e. The van der Waals surface area contributed by atoms with Crippen LogP contribution in [0.2, 0.25) is 0 Å². The summed E-state index contributed by atoms with van der Waals surface area (Å²) in [7, 11) is 1.97. The maximum atomic E-state index is 12.9. The fourth-order valence-electron chi connectivity index (χ4n) is 3.04. The summed E-state index contributed by atoms with van der Waals surface area (Å²) in [6, 6.07) is 6.47. The molecule has 25 heavy (non-hydrogen) atoms. The fourth-order valence-corrected chi connectivity index (χ4v) is 3.04. The number of hydrogen-bond donors (Lipinski definition) is 1. The van der Waals surface area contributed by atoms with Crippen LogP contribution in [0.1, 0.15) is 31.6 Å². The van der Waals surface area contributed by atoms with Crippen LogP contribution in [-0.4, -0.2) is 47.1 Å². The van der Waals surface area contributed by atoms with E-state index in [2.05, 4.69) is 15.5 Å². The summed E-state index contributed by atoms with van der Waals surface area (Å²) in [5, 5.41) is 7.17. The molecule has 2 heterocycles. The van der Waals surface area contributed by atoms with Crippen LogP contribution in [0, 0.1) is 5.82 Å². The van der Waals surface area contributed by atoms with E-state index in [0.717, 1.165) is 25.9 Å². The van der Waals surface area contributed by atoms with Crippen LogP contribution in [0.3, 0.4) is 0 Å². The molecule has 1 N–H and O–H groups in total.